The van der Waals surface area contributed by atoms with E-state index in [2.05, 4.69) is 35.0 Å². The molecular weight excluding hydrogens is 346 g/mol. The Balaban J connectivity index is 0. The molecule has 0 aliphatic heterocycles. The van der Waals surface area contributed by atoms with Gasteiger partial charge in [0.15, 0.2) is 0 Å². The minimum absolute atomic E-state index is 1.17. The van der Waals surface area contributed by atoms with Gasteiger partial charge < -0.3 is 4.90 Å². The van der Waals surface area contributed by atoms with Crippen molar-refractivity contribution in [2.24, 2.45) is 0 Å². The second-order valence-corrected chi connectivity index (χ2v) is 7.76. The normalized spacial score (nSPS) is 11.0. The second-order valence-electron chi connectivity index (χ2n) is 6.97. The molecule has 1 nitrogen and oxygen atoms in total. The van der Waals surface area contributed by atoms with Crippen molar-refractivity contribution >= 4 is 15.9 Å². The Morgan fingerprint density at radius 3 is 1.35 bits per heavy atom. The van der Waals surface area contributed by atoms with E-state index in [4.69, 9.17) is 0 Å². The van der Waals surface area contributed by atoms with E-state index < -0.39 is 0 Å². The van der Waals surface area contributed by atoms with Crippen molar-refractivity contribution in [2.75, 3.05) is 26.5 Å². The molecule has 0 bridgehead atoms. The lowest BCUT2D eigenvalue weighted by Crippen LogP contribution is -1.99. The Kier molecular flexibility index (Phi) is 27.0. The number of nitrogens with zero attached hydrogens (tertiary/aromatic N) is 1. The fourth-order valence-electron chi connectivity index (χ4n) is 2.34. The van der Waals surface area contributed by atoms with Crippen LogP contribution in [0.25, 0.3) is 0 Å². The number of halogens is 1. The zero-order chi connectivity index (χ0) is 17.6. The van der Waals surface area contributed by atoms with Crippen molar-refractivity contribution in [3.63, 3.8) is 0 Å². The van der Waals surface area contributed by atoms with Crippen LogP contribution in [0.2, 0.25) is 0 Å². The molecule has 2 heteroatoms. The largest absolute Gasteiger partial charge is 0.312 e. The van der Waals surface area contributed by atoms with Gasteiger partial charge in [0, 0.05) is 5.33 Å². The number of hydrogen-bond acceptors (Lipinski definition) is 1. The number of unbranched alkanes of at least 4 members (excludes halogenated alkanes) is 12. The van der Waals surface area contributed by atoms with E-state index in [1.165, 1.54) is 95.2 Å². The molecule has 0 unspecified atom stereocenters. The molecule has 0 rings (SSSR count). The Bertz CT molecular complexity index is 211. The number of alkyl halides is 1. The minimum Gasteiger partial charge on any atom is -0.312 e. The maximum atomic E-state index is 3.48. The van der Waals surface area contributed by atoms with Gasteiger partial charge in [0.1, 0.15) is 0 Å². The summed E-state index contributed by atoms with van der Waals surface area (Å²) in [5, 5.41) is 1.17. The van der Waals surface area contributed by atoms with Crippen LogP contribution in [0.3, 0.4) is 0 Å². The molecule has 0 aliphatic rings. The molecule has 0 aromatic heterocycles. The van der Waals surface area contributed by atoms with Crippen LogP contribution in [0, 0.1) is 0 Å². The fraction of sp³-hybridized carbons (Fsp3) is 0.905. The highest BCUT2D eigenvalue weighted by Crippen LogP contribution is 2.10. The predicted octanol–water partition coefficient (Wildman–Crippen LogP) is 7.60. The van der Waals surface area contributed by atoms with Gasteiger partial charge in [-0.2, -0.15) is 0 Å². The standard InChI is InChI=1S/C18H35Br.C3H9N/c1-2-3-4-5-6-7-8-9-10-11-12-13-14-15-16-17-18-19;1-4(2)3/h9-10H,2-8,11-18H2,1H3;1-3H3/b10-9-;. The summed E-state index contributed by atoms with van der Waals surface area (Å²) in [5.74, 6) is 0. The first-order valence-corrected chi connectivity index (χ1v) is 11.1. The van der Waals surface area contributed by atoms with Crippen LogP contribution in [0.1, 0.15) is 96.8 Å². The first-order chi connectivity index (χ1) is 11.1. The summed E-state index contributed by atoms with van der Waals surface area (Å²) in [6, 6.07) is 0. The maximum absolute atomic E-state index is 3.48. The van der Waals surface area contributed by atoms with E-state index in [1.54, 1.807) is 0 Å². The zero-order valence-electron chi connectivity index (χ0n) is 16.6. The zero-order valence-corrected chi connectivity index (χ0v) is 18.2. The molecule has 0 N–H and O–H groups in total. The molecule has 0 aliphatic carbocycles. The van der Waals surface area contributed by atoms with Crippen LogP contribution in [-0.4, -0.2) is 31.4 Å². The Morgan fingerprint density at radius 2 is 0.957 bits per heavy atom. The highest BCUT2D eigenvalue weighted by atomic mass is 79.9. The van der Waals surface area contributed by atoms with Gasteiger partial charge in [-0.3, -0.25) is 0 Å². The Morgan fingerprint density at radius 1 is 0.609 bits per heavy atom. The summed E-state index contributed by atoms with van der Waals surface area (Å²) in [4.78, 5) is 2.00. The molecule has 0 spiro atoms. The van der Waals surface area contributed by atoms with Crippen LogP contribution in [0.15, 0.2) is 12.2 Å². The molecule has 0 heterocycles. The third kappa shape index (κ3) is 34.5. The summed E-state index contributed by atoms with van der Waals surface area (Å²) in [5.41, 5.74) is 0. The molecule has 0 saturated carbocycles. The molecule has 140 valence electrons. The molecule has 0 amide bonds. The van der Waals surface area contributed by atoms with Gasteiger partial charge in [0.05, 0.1) is 0 Å². The van der Waals surface area contributed by atoms with Crippen molar-refractivity contribution < 1.29 is 0 Å². The summed E-state index contributed by atoms with van der Waals surface area (Å²) in [6.07, 6.45) is 24.3. The second kappa shape index (κ2) is 24.4. The smallest absolute Gasteiger partial charge is 0.00313 e. The quantitative estimate of drug-likeness (QED) is 0.158. The first kappa shape index (κ1) is 25.4. The van der Waals surface area contributed by atoms with E-state index in [-0.39, 0.29) is 0 Å². The van der Waals surface area contributed by atoms with Gasteiger partial charge in [-0.15, -0.1) is 0 Å². The molecule has 0 radical (unpaired) electrons. The van der Waals surface area contributed by atoms with Crippen molar-refractivity contribution in [1.29, 1.82) is 0 Å². The lowest BCUT2D eigenvalue weighted by molar-refractivity contribution is 0.505. The summed E-state index contributed by atoms with van der Waals surface area (Å²) in [7, 11) is 6.00. The number of hydrogen-bond donors (Lipinski definition) is 0. The van der Waals surface area contributed by atoms with E-state index in [0.717, 1.165) is 0 Å². The fourth-order valence-corrected chi connectivity index (χ4v) is 2.74. The third-order valence-electron chi connectivity index (χ3n) is 3.65. The summed E-state index contributed by atoms with van der Waals surface area (Å²) in [6.45, 7) is 2.28. The monoisotopic (exact) mass is 389 g/mol. The highest BCUT2D eigenvalue weighted by molar-refractivity contribution is 9.09. The van der Waals surface area contributed by atoms with E-state index in [1.807, 2.05) is 26.0 Å². The van der Waals surface area contributed by atoms with Gasteiger partial charge >= 0.3 is 0 Å². The van der Waals surface area contributed by atoms with Crippen LogP contribution >= 0.6 is 15.9 Å². The van der Waals surface area contributed by atoms with Crippen LogP contribution in [0.4, 0.5) is 0 Å². The van der Waals surface area contributed by atoms with Gasteiger partial charge in [0.25, 0.3) is 0 Å². The van der Waals surface area contributed by atoms with E-state index >= 15 is 0 Å². The summed E-state index contributed by atoms with van der Waals surface area (Å²) < 4.78 is 0. The van der Waals surface area contributed by atoms with Crippen molar-refractivity contribution in [1.82, 2.24) is 4.90 Å². The van der Waals surface area contributed by atoms with E-state index in [9.17, 15) is 0 Å². The SMILES string of the molecule is CCCCCCCC/C=C\CCCCCCCCBr.CN(C)C. The Labute approximate surface area is 156 Å². The van der Waals surface area contributed by atoms with Crippen LogP contribution in [0.5, 0.6) is 0 Å². The third-order valence-corrected chi connectivity index (χ3v) is 4.21. The van der Waals surface area contributed by atoms with Gasteiger partial charge in [0.2, 0.25) is 0 Å². The molecule has 0 saturated heterocycles. The minimum atomic E-state index is 1.17. The van der Waals surface area contributed by atoms with Crippen molar-refractivity contribution in [3.8, 4) is 0 Å². The van der Waals surface area contributed by atoms with E-state index in [0.29, 0.717) is 0 Å². The maximum Gasteiger partial charge on any atom is 0.00313 e. The van der Waals surface area contributed by atoms with Crippen molar-refractivity contribution in [3.05, 3.63) is 12.2 Å². The van der Waals surface area contributed by atoms with Crippen LogP contribution < -0.4 is 0 Å². The Hall–Kier alpha value is 0.180. The molecule has 0 fully saturated rings. The molecular formula is C21H44BrN. The number of allylic oxidation sites excluding steroid dienone is 2. The molecule has 0 aromatic rings. The van der Waals surface area contributed by atoms with Crippen molar-refractivity contribution in [2.45, 2.75) is 96.8 Å². The lowest BCUT2D eigenvalue weighted by atomic mass is 10.1. The van der Waals surface area contributed by atoms with Gasteiger partial charge in [-0.1, -0.05) is 92.8 Å². The predicted molar refractivity (Wildman–Crippen MR) is 113 cm³/mol. The van der Waals surface area contributed by atoms with Gasteiger partial charge in [-0.05, 0) is 53.2 Å². The molecule has 0 aromatic carbocycles. The molecule has 0 atom stereocenters. The van der Waals surface area contributed by atoms with Crippen LogP contribution in [-0.2, 0) is 0 Å². The average Bonchev–Trinajstić information content (AvgIpc) is 2.50. The lowest BCUT2D eigenvalue weighted by Gasteiger charge is -1.99. The first-order valence-electron chi connectivity index (χ1n) is 9.97. The van der Waals surface area contributed by atoms with Gasteiger partial charge in [-0.25, -0.2) is 0 Å². The molecule has 23 heavy (non-hydrogen) atoms. The highest BCUT2D eigenvalue weighted by Gasteiger charge is 1.90. The topological polar surface area (TPSA) is 3.24 Å². The number of rotatable bonds is 15. The average molecular weight is 390 g/mol. The summed E-state index contributed by atoms with van der Waals surface area (Å²) >= 11 is 3.48.